The zero-order valence-corrected chi connectivity index (χ0v) is 17.4. The Hall–Kier alpha value is -2.31. The van der Waals surface area contributed by atoms with Gasteiger partial charge in [-0.1, -0.05) is 30.3 Å². The smallest absolute Gasteiger partial charge is 0.191 e. The van der Waals surface area contributed by atoms with E-state index in [9.17, 15) is 0 Å². The molecule has 2 N–H and O–H groups in total. The Morgan fingerprint density at radius 1 is 1.25 bits per heavy atom. The number of likely N-dealkylation sites (tertiary alicyclic amines) is 1. The maximum absolute atomic E-state index is 5.59. The lowest BCUT2D eigenvalue weighted by Gasteiger charge is -2.25. The predicted octanol–water partition coefficient (Wildman–Crippen LogP) is 2.71. The van der Waals surface area contributed by atoms with Crippen LogP contribution in [0.1, 0.15) is 30.7 Å². The summed E-state index contributed by atoms with van der Waals surface area (Å²) in [7, 11) is 5.95. The minimum Gasteiger partial charge on any atom is -0.468 e. The summed E-state index contributed by atoms with van der Waals surface area (Å²) < 4.78 is 5.59. The number of nitrogens with one attached hydrogen (secondary N) is 2. The maximum Gasteiger partial charge on any atom is 0.191 e. The first kappa shape index (κ1) is 20.4. The van der Waals surface area contributed by atoms with E-state index in [2.05, 4.69) is 76.8 Å². The van der Waals surface area contributed by atoms with Crippen molar-refractivity contribution in [3.8, 4) is 0 Å². The van der Waals surface area contributed by atoms with Crippen molar-refractivity contribution in [1.29, 1.82) is 0 Å². The SMILES string of the molecule is CN=C(NCC(c1ccco1)N(C)C)NC1CC(C)N(Cc2ccccc2)C1. The van der Waals surface area contributed by atoms with E-state index in [4.69, 9.17) is 4.42 Å². The number of hydrogen-bond donors (Lipinski definition) is 2. The predicted molar refractivity (Wildman–Crippen MR) is 114 cm³/mol. The van der Waals surface area contributed by atoms with E-state index in [0.29, 0.717) is 12.1 Å². The van der Waals surface area contributed by atoms with E-state index < -0.39 is 0 Å². The van der Waals surface area contributed by atoms with Crippen molar-refractivity contribution in [3.05, 3.63) is 60.1 Å². The van der Waals surface area contributed by atoms with Gasteiger partial charge in [0.25, 0.3) is 0 Å². The van der Waals surface area contributed by atoms with E-state index in [1.165, 1.54) is 5.56 Å². The van der Waals surface area contributed by atoms with E-state index >= 15 is 0 Å². The van der Waals surface area contributed by atoms with Gasteiger partial charge in [0.2, 0.25) is 0 Å². The minimum absolute atomic E-state index is 0.158. The Balaban J connectivity index is 1.52. The summed E-state index contributed by atoms with van der Waals surface area (Å²) in [6.45, 7) is 5.05. The van der Waals surface area contributed by atoms with Crippen LogP contribution in [0, 0.1) is 0 Å². The molecule has 0 saturated carbocycles. The van der Waals surface area contributed by atoms with Gasteiger partial charge in [0.1, 0.15) is 5.76 Å². The fourth-order valence-electron chi connectivity index (χ4n) is 3.84. The van der Waals surface area contributed by atoms with E-state index in [0.717, 1.165) is 37.8 Å². The second-order valence-corrected chi connectivity index (χ2v) is 7.79. The molecule has 6 nitrogen and oxygen atoms in total. The molecular weight excluding hydrogens is 350 g/mol. The molecule has 0 amide bonds. The molecule has 1 fully saturated rings. The molecule has 0 aliphatic carbocycles. The van der Waals surface area contributed by atoms with Gasteiger partial charge in [0, 0.05) is 38.8 Å². The van der Waals surface area contributed by atoms with Crippen LogP contribution in [0.5, 0.6) is 0 Å². The molecule has 3 rings (SSSR count). The number of rotatable bonds is 7. The lowest BCUT2D eigenvalue weighted by molar-refractivity contribution is 0.256. The molecule has 3 unspecified atom stereocenters. The fourth-order valence-corrected chi connectivity index (χ4v) is 3.84. The Morgan fingerprint density at radius 2 is 2.04 bits per heavy atom. The second kappa shape index (κ2) is 9.75. The monoisotopic (exact) mass is 383 g/mol. The summed E-state index contributed by atoms with van der Waals surface area (Å²) in [5.74, 6) is 1.80. The normalized spacial score (nSPS) is 21.8. The van der Waals surface area contributed by atoms with Crippen LogP contribution in [0.2, 0.25) is 0 Å². The summed E-state index contributed by atoms with van der Waals surface area (Å²) in [5, 5.41) is 7.06. The van der Waals surface area contributed by atoms with E-state index in [1.54, 1.807) is 6.26 Å². The number of furan rings is 1. The molecule has 0 spiro atoms. The van der Waals surface area contributed by atoms with Crippen LogP contribution in [-0.2, 0) is 6.54 Å². The van der Waals surface area contributed by atoms with Gasteiger partial charge in [0.15, 0.2) is 5.96 Å². The Labute approximate surface area is 168 Å². The third kappa shape index (κ3) is 5.36. The second-order valence-electron chi connectivity index (χ2n) is 7.79. The summed E-state index contributed by atoms with van der Waals surface area (Å²) in [6, 6.07) is 15.7. The van der Waals surface area contributed by atoms with Gasteiger partial charge in [-0.2, -0.15) is 0 Å². The van der Waals surface area contributed by atoms with Crippen molar-refractivity contribution in [3.63, 3.8) is 0 Å². The van der Waals surface area contributed by atoms with Crippen molar-refractivity contribution < 1.29 is 4.42 Å². The zero-order chi connectivity index (χ0) is 19.9. The fraction of sp³-hybridized carbons (Fsp3) is 0.500. The van der Waals surface area contributed by atoms with Crippen LogP contribution in [0.4, 0.5) is 0 Å². The molecule has 1 aromatic heterocycles. The molecule has 3 atom stereocenters. The maximum atomic E-state index is 5.59. The molecule has 2 heterocycles. The average Bonchev–Trinajstić information content (AvgIpc) is 3.32. The number of nitrogens with zero attached hydrogens (tertiary/aromatic N) is 3. The topological polar surface area (TPSA) is 56.0 Å². The quantitative estimate of drug-likeness (QED) is 0.569. The molecule has 6 heteroatoms. The highest BCUT2D eigenvalue weighted by atomic mass is 16.3. The Kier molecular flexibility index (Phi) is 7.12. The van der Waals surface area contributed by atoms with E-state index in [-0.39, 0.29) is 6.04 Å². The van der Waals surface area contributed by atoms with Gasteiger partial charge in [-0.25, -0.2) is 0 Å². The largest absolute Gasteiger partial charge is 0.468 e. The van der Waals surface area contributed by atoms with Crippen molar-refractivity contribution in [2.24, 2.45) is 4.99 Å². The van der Waals surface area contributed by atoms with E-state index in [1.807, 2.05) is 19.2 Å². The van der Waals surface area contributed by atoms with Crippen LogP contribution in [0.15, 0.2) is 58.1 Å². The highest BCUT2D eigenvalue weighted by Crippen LogP contribution is 2.20. The van der Waals surface area contributed by atoms with Gasteiger partial charge < -0.3 is 15.1 Å². The van der Waals surface area contributed by atoms with Gasteiger partial charge in [0.05, 0.1) is 12.3 Å². The lowest BCUT2D eigenvalue weighted by atomic mass is 10.2. The molecule has 1 aliphatic rings. The molecule has 1 aliphatic heterocycles. The van der Waals surface area contributed by atoms with Gasteiger partial charge in [-0.05, 0) is 45.1 Å². The summed E-state index contributed by atoms with van der Waals surface area (Å²) in [5.41, 5.74) is 1.37. The molecule has 152 valence electrons. The highest BCUT2D eigenvalue weighted by molar-refractivity contribution is 5.80. The Morgan fingerprint density at radius 3 is 2.68 bits per heavy atom. The summed E-state index contributed by atoms with van der Waals surface area (Å²) in [6.07, 6.45) is 2.84. The number of benzene rings is 1. The third-order valence-corrected chi connectivity index (χ3v) is 5.45. The first-order valence-electron chi connectivity index (χ1n) is 10.0. The lowest BCUT2D eigenvalue weighted by Crippen LogP contribution is -2.46. The average molecular weight is 384 g/mol. The number of guanidine groups is 1. The standard InChI is InChI=1S/C22H33N5O/c1-17-13-19(16-27(17)15-18-9-6-5-7-10-18)25-22(23-2)24-14-20(26(3)4)21-11-8-12-28-21/h5-12,17,19-20H,13-16H2,1-4H3,(H2,23,24,25). The molecule has 0 bridgehead atoms. The zero-order valence-electron chi connectivity index (χ0n) is 17.4. The third-order valence-electron chi connectivity index (χ3n) is 5.45. The van der Waals surface area contributed by atoms with Gasteiger partial charge >= 0.3 is 0 Å². The first-order valence-corrected chi connectivity index (χ1v) is 10.0. The number of likely N-dealkylation sites (N-methyl/N-ethyl adjacent to an activating group) is 1. The summed E-state index contributed by atoms with van der Waals surface area (Å²) in [4.78, 5) is 9.11. The van der Waals surface area contributed by atoms with Crippen molar-refractivity contribution in [2.45, 2.75) is 38.0 Å². The molecule has 0 radical (unpaired) electrons. The molecular formula is C22H33N5O. The van der Waals surface area contributed by atoms with Gasteiger partial charge in [-0.15, -0.1) is 0 Å². The highest BCUT2D eigenvalue weighted by Gasteiger charge is 2.29. The molecule has 1 saturated heterocycles. The van der Waals surface area contributed by atoms with Gasteiger partial charge in [-0.3, -0.25) is 14.8 Å². The number of aliphatic imine (C=N–C) groups is 1. The molecule has 28 heavy (non-hydrogen) atoms. The Bertz CT molecular complexity index is 729. The molecule has 2 aromatic rings. The first-order chi connectivity index (χ1) is 13.6. The van der Waals surface area contributed by atoms with Crippen LogP contribution < -0.4 is 10.6 Å². The van der Waals surface area contributed by atoms with Crippen LogP contribution in [-0.4, -0.2) is 62.1 Å². The van der Waals surface area contributed by atoms with Crippen LogP contribution in [0.25, 0.3) is 0 Å². The number of hydrogen-bond acceptors (Lipinski definition) is 4. The van der Waals surface area contributed by atoms with Crippen LogP contribution in [0.3, 0.4) is 0 Å². The van der Waals surface area contributed by atoms with Crippen LogP contribution >= 0.6 is 0 Å². The van der Waals surface area contributed by atoms with Crippen molar-refractivity contribution in [2.75, 3.05) is 34.2 Å². The van der Waals surface area contributed by atoms with Crippen molar-refractivity contribution >= 4 is 5.96 Å². The minimum atomic E-state index is 0.158. The van der Waals surface area contributed by atoms with Crippen molar-refractivity contribution in [1.82, 2.24) is 20.4 Å². The molecule has 1 aromatic carbocycles. The summed E-state index contributed by atoms with van der Waals surface area (Å²) >= 11 is 0.